The molecule has 1 fully saturated rings. The van der Waals surface area contributed by atoms with Crippen LogP contribution >= 0.6 is 31.9 Å². The Morgan fingerprint density at radius 1 is 1.24 bits per heavy atom. The maximum absolute atomic E-state index is 12.7. The second kappa shape index (κ2) is 8.32. The summed E-state index contributed by atoms with van der Waals surface area (Å²) in [5.74, 6) is 1.50. The van der Waals surface area contributed by atoms with Crippen LogP contribution < -0.4 is 4.74 Å². The van der Waals surface area contributed by atoms with Crippen LogP contribution in [0.4, 0.5) is 0 Å². The molecule has 0 saturated carbocycles. The number of carbonyl (C=O) groups is 1. The fourth-order valence-electron chi connectivity index (χ4n) is 2.85. The van der Waals surface area contributed by atoms with E-state index < -0.39 is 0 Å². The Morgan fingerprint density at radius 2 is 1.92 bits per heavy atom. The lowest BCUT2D eigenvalue weighted by Crippen LogP contribution is -2.38. The highest BCUT2D eigenvalue weighted by Gasteiger charge is 2.21. The number of aromatic nitrogens is 1. The molecule has 4 nitrogen and oxygen atoms in total. The smallest absolute Gasteiger partial charge is 0.255 e. The minimum Gasteiger partial charge on any atom is -0.486 e. The normalized spacial score (nSPS) is 15.2. The van der Waals surface area contributed by atoms with Crippen LogP contribution in [0.25, 0.3) is 0 Å². The van der Waals surface area contributed by atoms with E-state index in [9.17, 15) is 4.79 Å². The van der Waals surface area contributed by atoms with Gasteiger partial charge < -0.3 is 9.64 Å². The molecule has 2 heterocycles. The van der Waals surface area contributed by atoms with Gasteiger partial charge in [0.2, 0.25) is 0 Å². The Balaban J connectivity index is 1.68. The van der Waals surface area contributed by atoms with Gasteiger partial charge in [-0.05, 0) is 68.8 Å². The van der Waals surface area contributed by atoms with Crippen molar-refractivity contribution in [2.45, 2.75) is 26.4 Å². The fraction of sp³-hybridized carbons (Fsp3) is 0.368. The number of halogens is 2. The summed E-state index contributed by atoms with van der Waals surface area (Å²) in [6.07, 6.45) is 5.51. The van der Waals surface area contributed by atoms with Gasteiger partial charge in [0.05, 0.1) is 14.5 Å². The molecule has 1 saturated heterocycles. The van der Waals surface area contributed by atoms with Gasteiger partial charge in [-0.15, -0.1) is 0 Å². The zero-order chi connectivity index (χ0) is 17.8. The molecule has 1 aromatic carbocycles. The molecule has 1 aromatic heterocycles. The van der Waals surface area contributed by atoms with Crippen LogP contribution in [0.2, 0.25) is 0 Å². The first kappa shape index (κ1) is 18.4. The number of likely N-dealkylation sites (tertiary alicyclic amines) is 1. The lowest BCUT2D eigenvalue weighted by Gasteiger charge is -2.30. The Kier molecular flexibility index (Phi) is 6.12. The molecule has 0 bridgehead atoms. The number of benzene rings is 1. The molecule has 0 spiro atoms. The van der Waals surface area contributed by atoms with E-state index in [4.69, 9.17) is 4.74 Å². The van der Waals surface area contributed by atoms with Gasteiger partial charge in [0.15, 0.2) is 0 Å². The van der Waals surface area contributed by atoms with Crippen molar-refractivity contribution in [3.05, 3.63) is 56.7 Å². The maximum atomic E-state index is 12.7. The van der Waals surface area contributed by atoms with E-state index in [1.165, 1.54) is 0 Å². The maximum Gasteiger partial charge on any atom is 0.255 e. The first-order valence-electron chi connectivity index (χ1n) is 8.34. The Labute approximate surface area is 164 Å². The summed E-state index contributed by atoms with van der Waals surface area (Å²) in [5, 5.41) is 0. The third kappa shape index (κ3) is 4.61. The van der Waals surface area contributed by atoms with Crippen molar-refractivity contribution in [1.82, 2.24) is 9.88 Å². The number of amides is 1. The number of carbonyl (C=O) groups excluding carboxylic acids is 1. The SMILES string of the molecule is CC1CCN(C(=O)c2cncc(COc3c(Br)cccc3Br)c2)CC1. The summed E-state index contributed by atoms with van der Waals surface area (Å²) < 4.78 is 7.65. The molecule has 0 radical (unpaired) electrons. The summed E-state index contributed by atoms with van der Waals surface area (Å²) in [5.41, 5.74) is 1.50. The molecule has 1 aliphatic heterocycles. The van der Waals surface area contributed by atoms with Gasteiger partial charge in [0, 0.05) is 31.0 Å². The van der Waals surface area contributed by atoms with Crippen LogP contribution in [0, 0.1) is 5.92 Å². The Hall–Kier alpha value is -1.40. The Morgan fingerprint density at radius 3 is 2.60 bits per heavy atom. The van der Waals surface area contributed by atoms with Gasteiger partial charge in [-0.25, -0.2) is 0 Å². The van der Waals surface area contributed by atoms with Crippen molar-refractivity contribution in [1.29, 1.82) is 0 Å². The first-order chi connectivity index (χ1) is 12.0. The van der Waals surface area contributed by atoms with E-state index in [2.05, 4.69) is 43.8 Å². The topological polar surface area (TPSA) is 42.4 Å². The number of hydrogen-bond donors (Lipinski definition) is 0. The zero-order valence-electron chi connectivity index (χ0n) is 14.0. The van der Waals surface area contributed by atoms with Crippen LogP contribution in [0.1, 0.15) is 35.7 Å². The van der Waals surface area contributed by atoms with E-state index in [1.54, 1.807) is 12.4 Å². The first-order valence-corrected chi connectivity index (χ1v) is 9.93. The summed E-state index contributed by atoms with van der Waals surface area (Å²) in [4.78, 5) is 18.8. The molecule has 132 valence electrons. The van der Waals surface area contributed by atoms with E-state index in [-0.39, 0.29) is 5.91 Å². The number of hydrogen-bond acceptors (Lipinski definition) is 3. The molecule has 2 aromatic rings. The summed E-state index contributed by atoms with van der Waals surface area (Å²) in [7, 11) is 0. The number of ether oxygens (including phenoxy) is 1. The molecule has 0 unspecified atom stereocenters. The zero-order valence-corrected chi connectivity index (χ0v) is 17.2. The fourth-order valence-corrected chi connectivity index (χ4v) is 4.08. The molecule has 1 amide bonds. The van der Waals surface area contributed by atoms with Gasteiger partial charge in [0.1, 0.15) is 12.4 Å². The van der Waals surface area contributed by atoms with Crippen LogP contribution in [-0.4, -0.2) is 28.9 Å². The molecule has 0 aliphatic carbocycles. The van der Waals surface area contributed by atoms with Crippen molar-refractivity contribution in [2.75, 3.05) is 13.1 Å². The van der Waals surface area contributed by atoms with Crippen molar-refractivity contribution < 1.29 is 9.53 Å². The van der Waals surface area contributed by atoms with Crippen LogP contribution in [0.3, 0.4) is 0 Å². The largest absolute Gasteiger partial charge is 0.486 e. The standard InChI is InChI=1S/C19H20Br2N2O2/c1-13-5-7-23(8-6-13)19(24)15-9-14(10-22-11-15)12-25-18-16(20)3-2-4-17(18)21/h2-4,9-11,13H,5-8,12H2,1H3. The molecular formula is C19H20Br2N2O2. The van der Waals surface area contributed by atoms with Crippen molar-refractivity contribution in [3.63, 3.8) is 0 Å². The highest BCUT2D eigenvalue weighted by molar-refractivity contribution is 9.11. The molecule has 3 rings (SSSR count). The number of para-hydroxylation sites is 1. The second-order valence-corrected chi connectivity index (χ2v) is 8.10. The van der Waals surface area contributed by atoms with Gasteiger partial charge in [-0.1, -0.05) is 13.0 Å². The highest BCUT2D eigenvalue weighted by atomic mass is 79.9. The van der Waals surface area contributed by atoms with Gasteiger partial charge in [-0.2, -0.15) is 0 Å². The molecule has 0 atom stereocenters. The lowest BCUT2D eigenvalue weighted by atomic mass is 9.99. The molecule has 0 N–H and O–H groups in total. The number of pyridine rings is 1. The van der Waals surface area contributed by atoms with Crippen LogP contribution in [-0.2, 0) is 6.61 Å². The van der Waals surface area contributed by atoms with Gasteiger partial charge in [0.25, 0.3) is 5.91 Å². The monoisotopic (exact) mass is 466 g/mol. The number of nitrogens with zero attached hydrogens (tertiary/aromatic N) is 2. The quantitative estimate of drug-likeness (QED) is 0.631. The van der Waals surface area contributed by atoms with Crippen LogP contribution in [0.5, 0.6) is 5.75 Å². The third-order valence-corrected chi connectivity index (χ3v) is 5.66. The average molecular weight is 468 g/mol. The summed E-state index contributed by atoms with van der Waals surface area (Å²) in [6, 6.07) is 7.66. The number of rotatable bonds is 4. The minimum absolute atomic E-state index is 0.0586. The van der Waals surface area contributed by atoms with Gasteiger partial charge >= 0.3 is 0 Å². The van der Waals surface area contributed by atoms with Crippen molar-refractivity contribution in [2.24, 2.45) is 5.92 Å². The lowest BCUT2D eigenvalue weighted by molar-refractivity contribution is 0.0696. The van der Waals surface area contributed by atoms with Crippen LogP contribution in [0.15, 0.2) is 45.6 Å². The molecule has 25 heavy (non-hydrogen) atoms. The second-order valence-electron chi connectivity index (χ2n) is 6.40. The van der Waals surface area contributed by atoms with Crippen molar-refractivity contribution >= 4 is 37.8 Å². The molecule has 1 aliphatic rings. The predicted octanol–water partition coefficient (Wildman–Crippen LogP) is 5.06. The minimum atomic E-state index is 0.0586. The molecular weight excluding hydrogens is 448 g/mol. The van der Waals surface area contributed by atoms with E-state index in [0.29, 0.717) is 18.1 Å². The van der Waals surface area contributed by atoms with Gasteiger partial charge in [-0.3, -0.25) is 9.78 Å². The summed E-state index contributed by atoms with van der Waals surface area (Å²) in [6.45, 7) is 4.24. The Bertz CT molecular complexity index is 739. The van der Waals surface area contributed by atoms with E-state index in [0.717, 1.165) is 46.2 Å². The van der Waals surface area contributed by atoms with E-state index >= 15 is 0 Å². The molecule has 6 heteroatoms. The highest BCUT2D eigenvalue weighted by Crippen LogP contribution is 2.33. The third-order valence-electron chi connectivity index (χ3n) is 4.41. The predicted molar refractivity (Wildman–Crippen MR) is 105 cm³/mol. The average Bonchev–Trinajstić information content (AvgIpc) is 2.62. The van der Waals surface area contributed by atoms with E-state index in [1.807, 2.05) is 29.2 Å². The number of piperidine rings is 1. The summed E-state index contributed by atoms with van der Waals surface area (Å²) >= 11 is 6.97. The van der Waals surface area contributed by atoms with Crippen molar-refractivity contribution in [3.8, 4) is 5.75 Å².